The number of benzene rings is 1. The van der Waals surface area contributed by atoms with Crippen LogP contribution in [0.15, 0.2) is 18.2 Å². The number of carboxylic acid groups (broad SMARTS) is 1. The fraction of sp³-hybridized carbons (Fsp3) is 0.500. The lowest BCUT2D eigenvalue weighted by atomic mass is 10.1. The molecule has 0 aromatic heterocycles. The van der Waals surface area contributed by atoms with Gasteiger partial charge in [0.2, 0.25) is 5.91 Å². The molecule has 0 radical (unpaired) electrons. The van der Waals surface area contributed by atoms with Crippen molar-refractivity contribution >= 4 is 23.3 Å². The molecule has 1 rings (SSSR count). The van der Waals surface area contributed by atoms with Gasteiger partial charge in [-0.2, -0.15) is 0 Å². The number of nitrogens with two attached hydrogens (primary N) is 1. The monoisotopic (exact) mass is 323 g/mol. The Morgan fingerprint density at radius 2 is 2.09 bits per heavy atom. The molecule has 0 aliphatic heterocycles. The van der Waals surface area contributed by atoms with Crippen LogP contribution in [-0.4, -0.2) is 47.8 Å². The number of hydrogen-bond donors (Lipinski definition) is 4. The van der Waals surface area contributed by atoms with Gasteiger partial charge in [0.05, 0.1) is 6.61 Å². The average Bonchev–Trinajstić information content (AvgIpc) is 2.52. The first-order valence-corrected chi connectivity index (χ1v) is 7.63. The first-order chi connectivity index (χ1) is 10.9. The minimum absolute atomic E-state index is 0.0558. The summed E-state index contributed by atoms with van der Waals surface area (Å²) in [5, 5.41) is 20.5. The largest absolute Gasteiger partial charge is 0.480 e. The number of carbonyl (C=O) groups excluding carboxylic acids is 1. The summed E-state index contributed by atoms with van der Waals surface area (Å²) in [6, 6.07) is 4.60. The quantitative estimate of drug-likeness (QED) is 0.537. The Balaban J connectivity index is 2.67. The van der Waals surface area contributed by atoms with Crippen LogP contribution in [0.1, 0.15) is 25.3 Å². The summed E-state index contributed by atoms with van der Waals surface area (Å²) in [5.74, 6) is -1.37. The average molecular weight is 323 g/mol. The summed E-state index contributed by atoms with van der Waals surface area (Å²) < 4.78 is 0. The van der Waals surface area contributed by atoms with Gasteiger partial charge in [0.25, 0.3) is 0 Å². The highest BCUT2D eigenvalue weighted by Crippen LogP contribution is 2.22. The van der Waals surface area contributed by atoms with E-state index in [1.54, 1.807) is 6.07 Å². The lowest BCUT2D eigenvalue weighted by Crippen LogP contribution is -2.31. The maximum Gasteiger partial charge on any atom is 0.320 e. The molecule has 1 amide bonds. The van der Waals surface area contributed by atoms with Gasteiger partial charge in [-0.3, -0.25) is 9.59 Å². The molecular weight excluding hydrogens is 298 g/mol. The topological polar surface area (TPSA) is 116 Å². The van der Waals surface area contributed by atoms with Gasteiger partial charge in [-0.05, 0) is 44.0 Å². The molecule has 128 valence electrons. The van der Waals surface area contributed by atoms with Crippen LogP contribution in [0.5, 0.6) is 0 Å². The van der Waals surface area contributed by atoms with E-state index in [4.69, 9.17) is 15.9 Å². The zero-order valence-corrected chi connectivity index (χ0v) is 13.6. The zero-order valence-electron chi connectivity index (χ0n) is 13.6. The summed E-state index contributed by atoms with van der Waals surface area (Å²) in [7, 11) is 0. The van der Waals surface area contributed by atoms with Crippen molar-refractivity contribution in [2.24, 2.45) is 5.73 Å². The number of carbonyl (C=O) groups is 2. The van der Waals surface area contributed by atoms with E-state index in [0.29, 0.717) is 12.2 Å². The molecule has 0 saturated heterocycles. The second kappa shape index (κ2) is 9.12. The third-order valence-corrected chi connectivity index (χ3v) is 3.60. The van der Waals surface area contributed by atoms with Gasteiger partial charge in [-0.25, -0.2) is 0 Å². The standard InChI is InChI=1S/C16H25N3O4/c1-3-19(8-9-20)12-4-6-14(11(2)10-12)18-15(21)7-5-13(17)16(22)23/h4,6,10,13,20H,3,5,7-9,17H2,1-2H3,(H,18,21)(H,22,23)/t13-/m0/s1. The number of aliphatic hydroxyl groups excluding tert-OH is 1. The van der Waals surface area contributed by atoms with Gasteiger partial charge in [-0.1, -0.05) is 0 Å². The number of likely N-dealkylation sites (N-methyl/N-ethyl adjacent to an activating group) is 1. The number of carboxylic acids is 1. The molecule has 7 nitrogen and oxygen atoms in total. The fourth-order valence-corrected chi connectivity index (χ4v) is 2.20. The van der Waals surface area contributed by atoms with Crippen LogP contribution in [0, 0.1) is 6.92 Å². The van der Waals surface area contributed by atoms with Crippen molar-refractivity contribution in [1.82, 2.24) is 0 Å². The van der Waals surface area contributed by atoms with E-state index in [2.05, 4.69) is 5.32 Å². The van der Waals surface area contributed by atoms with Crippen molar-refractivity contribution in [3.63, 3.8) is 0 Å². The smallest absolute Gasteiger partial charge is 0.320 e. The van der Waals surface area contributed by atoms with E-state index in [1.165, 1.54) is 0 Å². The molecule has 1 aromatic carbocycles. The Morgan fingerprint density at radius 3 is 2.61 bits per heavy atom. The van der Waals surface area contributed by atoms with Crippen LogP contribution in [0.25, 0.3) is 0 Å². The molecule has 0 unspecified atom stereocenters. The first-order valence-electron chi connectivity index (χ1n) is 7.63. The Morgan fingerprint density at radius 1 is 1.39 bits per heavy atom. The molecule has 0 aliphatic carbocycles. The Hall–Kier alpha value is -2.12. The molecule has 0 saturated carbocycles. The number of aliphatic carboxylic acids is 1. The lowest BCUT2D eigenvalue weighted by Gasteiger charge is -2.23. The van der Waals surface area contributed by atoms with Crippen molar-refractivity contribution in [2.75, 3.05) is 29.9 Å². The van der Waals surface area contributed by atoms with E-state index in [-0.39, 0.29) is 25.4 Å². The number of amides is 1. The predicted molar refractivity (Wildman–Crippen MR) is 89.6 cm³/mol. The third-order valence-electron chi connectivity index (χ3n) is 3.60. The molecule has 7 heteroatoms. The van der Waals surface area contributed by atoms with Crippen LogP contribution >= 0.6 is 0 Å². The molecule has 0 spiro atoms. The van der Waals surface area contributed by atoms with Crippen molar-refractivity contribution in [3.8, 4) is 0 Å². The Bertz CT molecular complexity index is 548. The molecule has 1 aromatic rings. The van der Waals surface area contributed by atoms with Crippen LogP contribution in [0.3, 0.4) is 0 Å². The van der Waals surface area contributed by atoms with E-state index in [0.717, 1.165) is 17.8 Å². The van der Waals surface area contributed by atoms with Crippen molar-refractivity contribution < 1.29 is 19.8 Å². The summed E-state index contributed by atoms with van der Waals surface area (Å²) >= 11 is 0. The van der Waals surface area contributed by atoms with Gasteiger partial charge in [-0.15, -0.1) is 0 Å². The van der Waals surface area contributed by atoms with Crippen molar-refractivity contribution in [1.29, 1.82) is 0 Å². The molecule has 0 bridgehead atoms. The zero-order chi connectivity index (χ0) is 17.4. The summed E-state index contributed by atoms with van der Waals surface area (Å²) in [4.78, 5) is 24.5. The molecule has 5 N–H and O–H groups in total. The van der Waals surface area contributed by atoms with E-state index < -0.39 is 12.0 Å². The normalized spacial score (nSPS) is 11.8. The Labute approximate surface area is 136 Å². The second-order valence-electron chi connectivity index (χ2n) is 5.33. The van der Waals surface area contributed by atoms with Crippen molar-refractivity contribution in [2.45, 2.75) is 32.7 Å². The van der Waals surface area contributed by atoms with E-state index >= 15 is 0 Å². The summed E-state index contributed by atoms with van der Waals surface area (Å²) in [5.41, 5.74) is 7.94. The minimum atomic E-state index is -1.11. The highest BCUT2D eigenvalue weighted by Gasteiger charge is 2.14. The minimum Gasteiger partial charge on any atom is -0.480 e. The maximum atomic E-state index is 11.9. The number of nitrogens with one attached hydrogen (secondary N) is 1. The maximum absolute atomic E-state index is 11.9. The van der Waals surface area contributed by atoms with Crippen LogP contribution < -0.4 is 16.0 Å². The number of nitrogens with zero attached hydrogens (tertiary/aromatic N) is 1. The van der Waals surface area contributed by atoms with Crippen molar-refractivity contribution in [3.05, 3.63) is 23.8 Å². The highest BCUT2D eigenvalue weighted by molar-refractivity contribution is 5.92. The number of anilines is 2. The molecule has 23 heavy (non-hydrogen) atoms. The molecule has 1 atom stereocenters. The third kappa shape index (κ3) is 5.88. The van der Waals surface area contributed by atoms with Gasteiger partial charge in [0.1, 0.15) is 6.04 Å². The molecule has 0 heterocycles. The summed E-state index contributed by atoms with van der Waals surface area (Å²) in [6.07, 6.45) is 0.151. The fourth-order valence-electron chi connectivity index (χ4n) is 2.20. The van der Waals surface area contributed by atoms with Gasteiger partial charge in [0.15, 0.2) is 0 Å². The molecule has 0 fully saturated rings. The van der Waals surface area contributed by atoms with Crippen LogP contribution in [0.4, 0.5) is 11.4 Å². The number of aryl methyl sites for hydroxylation is 1. The lowest BCUT2D eigenvalue weighted by molar-refractivity contribution is -0.138. The predicted octanol–water partition coefficient (Wildman–Crippen LogP) is 0.944. The van der Waals surface area contributed by atoms with E-state index in [9.17, 15) is 9.59 Å². The number of aliphatic hydroxyl groups is 1. The van der Waals surface area contributed by atoms with E-state index in [1.807, 2.05) is 30.9 Å². The summed E-state index contributed by atoms with van der Waals surface area (Å²) in [6.45, 7) is 5.30. The molecule has 0 aliphatic rings. The SMILES string of the molecule is CCN(CCO)c1ccc(NC(=O)CC[C@H](N)C(=O)O)c(C)c1. The van der Waals surface area contributed by atoms with Gasteiger partial charge in [0, 0.05) is 30.9 Å². The second-order valence-corrected chi connectivity index (χ2v) is 5.33. The molecular formula is C16H25N3O4. The van der Waals surface area contributed by atoms with Crippen LogP contribution in [0.2, 0.25) is 0 Å². The number of rotatable bonds is 9. The Kier molecular flexibility index (Phi) is 7.50. The highest BCUT2D eigenvalue weighted by atomic mass is 16.4. The van der Waals surface area contributed by atoms with Gasteiger partial charge >= 0.3 is 5.97 Å². The van der Waals surface area contributed by atoms with Crippen LogP contribution in [-0.2, 0) is 9.59 Å². The van der Waals surface area contributed by atoms with Gasteiger partial charge < -0.3 is 26.2 Å². The number of hydrogen-bond acceptors (Lipinski definition) is 5. The first kappa shape index (κ1) is 18.9.